The molecule has 1 aromatic heterocycles. The van der Waals surface area contributed by atoms with Crippen LogP contribution in [0.3, 0.4) is 0 Å². The molecule has 0 bridgehead atoms. The number of fused-ring (bicyclic) bond motifs is 1. The van der Waals surface area contributed by atoms with E-state index in [9.17, 15) is 14.9 Å². The highest BCUT2D eigenvalue weighted by Gasteiger charge is 2.11. The van der Waals surface area contributed by atoms with Crippen LogP contribution in [0.25, 0.3) is 10.9 Å². The van der Waals surface area contributed by atoms with Crippen molar-refractivity contribution in [3.63, 3.8) is 0 Å². The first kappa shape index (κ1) is 18.4. The van der Waals surface area contributed by atoms with Gasteiger partial charge in [-0.1, -0.05) is 42.5 Å². The number of hydrogen-bond donors (Lipinski definition) is 0. The second-order valence-corrected chi connectivity index (χ2v) is 6.56. The van der Waals surface area contributed by atoms with Gasteiger partial charge in [-0.25, -0.2) is 4.98 Å². The van der Waals surface area contributed by atoms with Gasteiger partial charge >= 0.3 is 0 Å². The zero-order chi connectivity index (χ0) is 20.2. The van der Waals surface area contributed by atoms with Gasteiger partial charge in [0.1, 0.15) is 12.4 Å². The maximum atomic E-state index is 12.8. The summed E-state index contributed by atoms with van der Waals surface area (Å²) < 4.78 is 7.27. The maximum absolute atomic E-state index is 12.8. The second kappa shape index (κ2) is 7.93. The molecule has 4 rings (SSSR count). The topological polar surface area (TPSA) is 87.3 Å². The van der Waals surface area contributed by atoms with Crippen LogP contribution in [0.4, 0.5) is 5.69 Å². The zero-order valence-corrected chi connectivity index (χ0v) is 15.4. The van der Waals surface area contributed by atoms with Crippen LogP contribution in [0.5, 0.6) is 5.75 Å². The van der Waals surface area contributed by atoms with E-state index < -0.39 is 4.92 Å². The number of aromatic nitrogens is 2. The first-order valence-corrected chi connectivity index (χ1v) is 8.99. The summed E-state index contributed by atoms with van der Waals surface area (Å²) in [6.45, 7) is 0.735. The van der Waals surface area contributed by atoms with Gasteiger partial charge in [-0.05, 0) is 29.3 Å². The van der Waals surface area contributed by atoms with Gasteiger partial charge in [-0.3, -0.25) is 19.5 Å². The Morgan fingerprint density at radius 1 is 0.966 bits per heavy atom. The third-order valence-electron chi connectivity index (χ3n) is 4.52. The molecule has 29 heavy (non-hydrogen) atoms. The van der Waals surface area contributed by atoms with E-state index in [-0.39, 0.29) is 23.2 Å². The number of nitro benzene ring substituents is 1. The number of nitrogens with zero attached hydrogens (tertiary/aromatic N) is 3. The van der Waals surface area contributed by atoms with E-state index in [1.807, 2.05) is 54.6 Å². The minimum atomic E-state index is -0.524. The molecule has 0 radical (unpaired) electrons. The molecule has 0 unspecified atom stereocenters. The minimum absolute atomic E-state index is 0.134. The van der Waals surface area contributed by atoms with Crippen LogP contribution in [0, 0.1) is 10.1 Å². The number of ether oxygens (including phenoxy) is 1. The van der Waals surface area contributed by atoms with Crippen molar-refractivity contribution in [2.24, 2.45) is 0 Å². The third-order valence-corrected chi connectivity index (χ3v) is 4.52. The summed E-state index contributed by atoms with van der Waals surface area (Å²) in [6.07, 6.45) is 1.45. The zero-order valence-electron chi connectivity index (χ0n) is 15.4. The number of non-ortho nitro benzene ring substituents is 1. The molecular weight excluding hydrogens is 370 g/mol. The van der Waals surface area contributed by atoms with Gasteiger partial charge in [0, 0.05) is 12.1 Å². The van der Waals surface area contributed by atoms with Crippen LogP contribution in [0.1, 0.15) is 11.1 Å². The molecule has 0 atom stereocenters. The van der Waals surface area contributed by atoms with E-state index in [0.29, 0.717) is 17.9 Å². The van der Waals surface area contributed by atoms with Crippen molar-refractivity contribution in [1.82, 2.24) is 9.55 Å². The summed E-state index contributed by atoms with van der Waals surface area (Å²) in [7, 11) is 0. The predicted molar refractivity (Wildman–Crippen MR) is 109 cm³/mol. The third kappa shape index (κ3) is 4.14. The number of nitro groups is 1. The van der Waals surface area contributed by atoms with E-state index in [1.54, 1.807) is 0 Å². The predicted octanol–water partition coefficient (Wildman–Crippen LogP) is 3.93. The SMILES string of the molecule is O=c1c2cc([N+](=O)[O-])ccc2ncn1Cc1cccc(OCc2ccccc2)c1. The van der Waals surface area contributed by atoms with Crippen LogP contribution < -0.4 is 10.3 Å². The number of hydrogen-bond acceptors (Lipinski definition) is 5. The molecule has 3 aromatic carbocycles. The molecular formula is C22H17N3O4. The summed E-state index contributed by atoms with van der Waals surface area (Å²) in [4.78, 5) is 27.5. The summed E-state index contributed by atoms with van der Waals surface area (Å²) in [5.74, 6) is 0.698. The highest BCUT2D eigenvalue weighted by molar-refractivity contribution is 5.79. The van der Waals surface area contributed by atoms with Crippen LogP contribution >= 0.6 is 0 Å². The minimum Gasteiger partial charge on any atom is -0.489 e. The molecule has 0 aliphatic rings. The summed E-state index contributed by atoms with van der Waals surface area (Å²) >= 11 is 0. The normalized spacial score (nSPS) is 10.8. The fourth-order valence-corrected chi connectivity index (χ4v) is 3.04. The van der Waals surface area contributed by atoms with Crippen molar-refractivity contribution < 1.29 is 9.66 Å². The van der Waals surface area contributed by atoms with Crippen molar-refractivity contribution in [3.8, 4) is 5.75 Å². The van der Waals surface area contributed by atoms with Crippen LogP contribution in [0.15, 0.2) is 83.9 Å². The number of rotatable bonds is 6. The van der Waals surface area contributed by atoms with E-state index in [4.69, 9.17) is 4.74 Å². The molecule has 1 heterocycles. The molecule has 0 spiro atoms. The highest BCUT2D eigenvalue weighted by Crippen LogP contribution is 2.18. The monoisotopic (exact) mass is 387 g/mol. The largest absolute Gasteiger partial charge is 0.489 e. The van der Waals surface area contributed by atoms with Crippen molar-refractivity contribution >= 4 is 16.6 Å². The molecule has 7 heteroatoms. The Bertz CT molecular complexity index is 1240. The molecule has 0 aliphatic heterocycles. The molecule has 0 N–H and O–H groups in total. The van der Waals surface area contributed by atoms with Crippen LogP contribution in [-0.2, 0) is 13.2 Å². The molecule has 144 valence electrons. The Kier molecular flexibility index (Phi) is 5.03. The highest BCUT2D eigenvalue weighted by atomic mass is 16.6. The van der Waals surface area contributed by atoms with Gasteiger partial charge in [0.05, 0.1) is 28.7 Å². The van der Waals surface area contributed by atoms with E-state index in [2.05, 4.69) is 4.98 Å². The van der Waals surface area contributed by atoms with Crippen molar-refractivity contribution in [2.75, 3.05) is 0 Å². The van der Waals surface area contributed by atoms with E-state index in [1.165, 1.54) is 29.1 Å². The molecule has 0 amide bonds. The Labute approximate surface area is 166 Å². The lowest BCUT2D eigenvalue weighted by Crippen LogP contribution is -2.21. The average molecular weight is 387 g/mol. The molecule has 4 aromatic rings. The van der Waals surface area contributed by atoms with Gasteiger partial charge in [-0.15, -0.1) is 0 Å². The fourth-order valence-electron chi connectivity index (χ4n) is 3.04. The smallest absolute Gasteiger partial charge is 0.270 e. The Hall–Kier alpha value is -4.00. The summed E-state index contributed by atoms with van der Waals surface area (Å²) in [6, 6.07) is 21.4. The van der Waals surface area contributed by atoms with E-state index in [0.717, 1.165) is 11.1 Å². The molecule has 7 nitrogen and oxygen atoms in total. The van der Waals surface area contributed by atoms with Crippen LogP contribution in [0.2, 0.25) is 0 Å². The van der Waals surface area contributed by atoms with Crippen LogP contribution in [-0.4, -0.2) is 14.5 Å². The molecule has 0 fully saturated rings. The standard InChI is InChI=1S/C22H17N3O4/c26-22-20-12-18(25(27)28)9-10-21(20)23-15-24(22)13-17-7-4-8-19(11-17)29-14-16-5-2-1-3-6-16/h1-12,15H,13-14H2. The fraction of sp³-hybridized carbons (Fsp3) is 0.0909. The Balaban J connectivity index is 1.57. The lowest BCUT2D eigenvalue weighted by atomic mass is 10.2. The van der Waals surface area contributed by atoms with Gasteiger partial charge in [-0.2, -0.15) is 0 Å². The molecule has 0 saturated carbocycles. The Morgan fingerprint density at radius 2 is 1.76 bits per heavy atom. The summed E-state index contributed by atoms with van der Waals surface area (Å²) in [5, 5.41) is 11.2. The Morgan fingerprint density at radius 3 is 2.55 bits per heavy atom. The maximum Gasteiger partial charge on any atom is 0.270 e. The van der Waals surface area contributed by atoms with Gasteiger partial charge in [0.25, 0.3) is 11.2 Å². The molecule has 0 aliphatic carbocycles. The van der Waals surface area contributed by atoms with Crippen molar-refractivity contribution in [3.05, 3.63) is 111 Å². The van der Waals surface area contributed by atoms with Gasteiger partial charge in [0.2, 0.25) is 0 Å². The lowest BCUT2D eigenvalue weighted by molar-refractivity contribution is -0.384. The van der Waals surface area contributed by atoms with Gasteiger partial charge < -0.3 is 4.74 Å². The first-order chi connectivity index (χ1) is 14.1. The second-order valence-electron chi connectivity index (χ2n) is 6.56. The van der Waals surface area contributed by atoms with Gasteiger partial charge in [0.15, 0.2) is 0 Å². The van der Waals surface area contributed by atoms with Crippen molar-refractivity contribution in [2.45, 2.75) is 13.2 Å². The van der Waals surface area contributed by atoms with Crippen molar-refractivity contribution in [1.29, 1.82) is 0 Å². The average Bonchev–Trinajstić information content (AvgIpc) is 2.75. The lowest BCUT2D eigenvalue weighted by Gasteiger charge is -2.10. The first-order valence-electron chi connectivity index (χ1n) is 8.99. The quantitative estimate of drug-likeness (QED) is 0.369. The molecule has 0 saturated heterocycles. The van der Waals surface area contributed by atoms with E-state index >= 15 is 0 Å². The number of benzene rings is 3. The summed E-state index contributed by atoms with van der Waals surface area (Å²) in [5.41, 5.74) is 1.90.